The molecule has 0 radical (unpaired) electrons. The average Bonchev–Trinajstić information content (AvgIpc) is 3.36. The van der Waals surface area contributed by atoms with E-state index in [1.54, 1.807) is 17.4 Å². The molecule has 7 heteroatoms. The molecule has 0 aliphatic rings. The normalized spacial score (nSPS) is 12.0. The van der Waals surface area contributed by atoms with E-state index in [0.29, 0.717) is 11.4 Å². The van der Waals surface area contributed by atoms with Gasteiger partial charge < -0.3 is 10.6 Å². The maximum Gasteiger partial charge on any atom is 0.262 e. The third kappa shape index (κ3) is 5.02. The minimum absolute atomic E-state index is 0.0239. The standard InChI is InChI=1S/C20H21N3O2S2/c1-13(2)17(23-18(24)16-9-6-10-26-16)19(25)21-11-15-12-27-20(22-15)14-7-4-3-5-8-14/h3-10,12-13,17H,11H2,1-2H3,(H,21,25)(H,23,24). The number of carbonyl (C=O) groups is 2. The zero-order valence-electron chi connectivity index (χ0n) is 15.1. The van der Waals surface area contributed by atoms with Gasteiger partial charge in [0.05, 0.1) is 17.1 Å². The number of hydrogen-bond acceptors (Lipinski definition) is 5. The summed E-state index contributed by atoms with van der Waals surface area (Å²) in [5, 5.41) is 10.4. The van der Waals surface area contributed by atoms with Crippen molar-refractivity contribution < 1.29 is 9.59 Å². The summed E-state index contributed by atoms with van der Waals surface area (Å²) in [5.41, 5.74) is 1.86. The van der Waals surface area contributed by atoms with Crippen LogP contribution in [0.2, 0.25) is 0 Å². The fourth-order valence-electron chi connectivity index (χ4n) is 2.54. The SMILES string of the molecule is CC(C)C(NC(=O)c1cccs1)C(=O)NCc1csc(-c2ccccc2)n1. The highest BCUT2D eigenvalue weighted by Crippen LogP contribution is 2.23. The van der Waals surface area contributed by atoms with Gasteiger partial charge in [-0.05, 0) is 17.4 Å². The lowest BCUT2D eigenvalue weighted by molar-refractivity contribution is -0.124. The number of aromatic nitrogens is 1. The molecular formula is C20H21N3O2S2. The van der Waals surface area contributed by atoms with Crippen molar-refractivity contribution in [3.8, 4) is 10.6 Å². The zero-order chi connectivity index (χ0) is 19.2. The molecule has 1 atom stereocenters. The Bertz CT molecular complexity index is 889. The maximum atomic E-state index is 12.6. The smallest absolute Gasteiger partial charge is 0.262 e. The first kappa shape index (κ1) is 19.3. The Balaban J connectivity index is 1.60. The molecule has 0 saturated carbocycles. The van der Waals surface area contributed by atoms with Crippen LogP contribution in [0.25, 0.3) is 10.6 Å². The molecule has 0 aliphatic carbocycles. The minimum atomic E-state index is -0.591. The van der Waals surface area contributed by atoms with E-state index in [-0.39, 0.29) is 17.7 Å². The monoisotopic (exact) mass is 399 g/mol. The molecule has 2 heterocycles. The van der Waals surface area contributed by atoms with E-state index in [2.05, 4.69) is 15.6 Å². The second-order valence-corrected chi connectivity index (χ2v) is 8.21. The van der Waals surface area contributed by atoms with Gasteiger partial charge in [0.1, 0.15) is 11.0 Å². The van der Waals surface area contributed by atoms with Crippen molar-refractivity contribution in [2.75, 3.05) is 0 Å². The maximum absolute atomic E-state index is 12.6. The largest absolute Gasteiger partial charge is 0.349 e. The molecule has 3 rings (SSSR count). The van der Waals surface area contributed by atoms with Crippen molar-refractivity contribution in [2.24, 2.45) is 5.92 Å². The third-order valence-corrected chi connectivity index (χ3v) is 5.81. The van der Waals surface area contributed by atoms with Crippen molar-refractivity contribution in [3.05, 3.63) is 63.8 Å². The van der Waals surface area contributed by atoms with Crippen LogP contribution in [0.3, 0.4) is 0 Å². The Morgan fingerprint density at radius 3 is 2.52 bits per heavy atom. The summed E-state index contributed by atoms with van der Waals surface area (Å²) < 4.78 is 0. The quantitative estimate of drug-likeness (QED) is 0.632. The van der Waals surface area contributed by atoms with E-state index in [0.717, 1.165) is 16.3 Å². The molecule has 0 spiro atoms. The number of benzene rings is 1. The van der Waals surface area contributed by atoms with E-state index in [9.17, 15) is 9.59 Å². The second kappa shape index (κ2) is 8.92. The summed E-state index contributed by atoms with van der Waals surface area (Å²) in [6.07, 6.45) is 0. The van der Waals surface area contributed by atoms with Crippen molar-refractivity contribution >= 4 is 34.5 Å². The van der Waals surface area contributed by atoms with Crippen LogP contribution in [0.4, 0.5) is 0 Å². The number of hydrogen-bond donors (Lipinski definition) is 2. The van der Waals surface area contributed by atoms with Gasteiger partial charge in [-0.25, -0.2) is 4.98 Å². The van der Waals surface area contributed by atoms with Crippen LogP contribution in [0.1, 0.15) is 29.2 Å². The van der Waals surface area contributed by atoms with Gasteiger partial charge in [-0.2, -0.15) is 0 Å². The van der Waals surface area contributed by atoms with Gasteiger partial charge in [-0.3, -0.25) is 9.59 Å². The van der Waals surface area contributed by atoms with E-state index in [1.807, 2.05) is 61.0 Å². The second-order valence-electron chi connectivity index (χ2n) is 6.40. The molecule has 0 aliphatic heterocycles. The highest BCUT2D eigenvalue weighted by atomic mass is 32.1. The number of nitrogens with one attached hydrogen (secondary N) is 2. The molecule has 3 aromatic rings. The predicted molar refractivity (Wildman–Crippen MR) is 110 cm³/mol. The number of thiophene rings is 1. The van der Waals surface area contributed by atoms with Crippen molar-refractivity contribution in [3.63, 3.8) is 0 Å². The molecule has 5 nitrogen and oxygen atoms in total. The van der Waals surface area contributed by atoms with Crippen molar-refractivity contribution in [1.29, 1.82) is 0 Å². The molecular weight excluding hydrogens is 378 g/mol. The van der Waals surface area contributed by atoms with E-state index in [1.165, 1.54) is 11.3 Å². The molecule has 2 amide bonds. The van der Waals surface area contributed by atoms with Crippen LogP contribution in [0, 0.1) is 5.92 Å². The Morgan fingerprint density at radius 1 is 1.07 bits per heavy atom. The summed E-state index contributed by atoms with van der Waals surface area (Å²) in [5.74, 6) is -0.452. The molecule has 2 aromatic heterocycles. The molecule has 0 saturated heterocycles. The summed E-state index contributed by atoms with van der Waals surface area (Å²) in [6, 6.07) is 12.9. The Hall–Kier alpha value is -2.51. The van der Waals surface area contributed by atoms with Crippen molar-refractivity contribution in [1.82, 2.24) is 15.6 Å². The van der Waals surface area contributed by atoms with Crippen LogP contribution in [0.15, 0.2) is 53.2 Å². The molecule has 1 aromatic carbocycles. The zero-order valence-corrected chi connectivity index (χ0v) is 16.8. The fourth-order valence-corrected chi connectivity index (χ4v) is 4.00. The number of rotatable bonds is 7. The van der Waals surface area contributed by atoms with Crippen molar-refractivity contribution in [2.45, 2.75) is 26.4 Å². The van der Waals surface area contributed by atoms with E-state index >= 15 is 0 Å². The van der Waals surface area contributed by atoms with Gasteiger partial charge in [0, 0.05) is 10.9 Å². The Morgan fingerprint density at radius 2 is 1.85 bits per heavy atom. The van der Waals surface area contributed by atoms with Gasteiger partial charge >= 0.3 is 0 Å². The highest BCUT2D eigenvalue weighted by Gasteiger charge is 2.25. The van der Waals surface area contributed by atoms with Gasteiger partial charge in [0.15, 0.2) is 0 Å². The van der Waals surface area contributed by atoms with Gasteiger partial charge in [0.2, 0.25) is 5.91 Å². The third-order valence-electron chi connectivity index (χ3n) is 4.00. The Kier molecular flexibility index (Phi) is 6.36. The first-order chi connectivity index (χ1) is 13.0. The highest BCUT2D eigenvalue weighted by molar-refractivity contribution is 7.13. The summed E-state index contributed by atoms with van der Waals surface area (Å²) in [7, 11) is 0. The molecule has 0 bridgehead atoms. The number of carbonyl (C=O) groups excluding carboxylic acids is 2. The number of thiazole rings is 1. The topological polar surface area (TPSA) is 71.1 Å². The first-order valence-electron chi connectivity index (χ1n) is 8.66. The fraction of sp³-hybridized carbons (Fsp3) is 0.250. The molecule has 0 fully saturated rings. The predicted octanol–water partition coefficient (Wildman–Crippen LogP) is 3.94. The first-order valence-corrected chi connectivity index (χ1v) is 10.4. The van der Waals surface area contributed by atoms with E-state index in [4.69, 9.17) is 0 Å². The lowest BCUT2D eigenvalue weighted by Crippen LogP contribution is -2.49. The van der Waals surface area contributed by atoms with Crippen LogP contribution in [-0.4, -0.2) is 22.8 Å². The Labute approximate surface area is 166 Å². The van der Waals surface area contributed by atoms with Crippen LogP contribution < -0.4 is 10.6 Å². The minimum Gasteiger partial charge on any atom is -0.349 e. The number of amides is 2. The van der Waals surface area contributed by atoms with Crippen LogP contribution >= 0.6 is 22.7 Å². The van der Waals surface area contributed by atoms with Gasteiger partial charge in [0.25, 0.3) is 5.91 Å². The van der Waals surface area contributed by atoms with E-state index < -0.39 is 6.04 Å². The van der Waals surface area contributed by atoms with Gasteiger partial charge in [-0.15, -0.1) is 22.7 Å². The van der Waals surface area contributed by atoms with Gasteiger partial charge in [-0.1, -0.05) is 50.2 Å². The molecule has 27 heavy (non-hydrogen) atoms. The number of nitrogens with zero attached hydrogens (tertiary/aromatic N) is 1. The summed E-state index contributed by atoms with van der Waals surface area (Å²) in [6.45, 7) is 4.16. The summed E-state index contributed by atoms with van der Waals surface area (Å²) >= 11 is 2.90. The van der Waals surface area contributed by atoms with Crippen LogP contribution in [-0.2, 0) is 11.3 Å². The molecule has 140 valence electrons. The van der Waals surface area contributed by atoms with Crippen LogP contribution in [0.5, 0.6) is 0 Å². The molecule has 1 unspecified atom stereocenters. The average molecular weight is 400 g/mol. The lowest BCUT2D eigenvalue weighted by atomic mass is 10.0. The molecule has 2 N–H and O–H groups in total. The lowest BCUT2D eigenvalue weighted by Gasteiger charge is -2.21. The summed E-state index contributed by atoms with van der Waals surface area (Å²) in [4.78, 5) is 30.0.